The maximum Gasteiger partial charge on any atom is 0.165 e. The molecule has 4 heteroatoms. The molecular formula is C16H16F2O2. The summed E-state index contributed by atoms with van der Waals surface area (Å²) in [5.41, 5.74) is 1.83. The van der Waals surface area contributed by atoms with Gasteiger partial charge >= 0.3 is 0 Å². The minimum atomic E-state index is -1.01. The molecule has 0 aliphatic carbocycles. The maximum atomic E-state index is 13.7. The van der Waals surface area contributed by atoms with Crippen LogP contribution in [0.2, 0.25) is 0 Å². The van der Waals surface area contributed by atoms with Crippen molar-refractivity contribution in [1.29, 1.82) is 0 Å². The van der Waals surface area contributed by atoms with Gasteiger partial charge in [-0.25, -0.2) is 8.78 Å². The van der Waals surface area contributed by atoms with Crippen molar-refractivity contribution >= 4 is 0 Å². The number of ether oxygens (including phenoxy) is 1. The highest BCUT2D eigenvalue weighted by Gasteiger charge is 2.15. The van der Waals surface area contributed by atoms with E-state index in [1.165, 1.54) is 19.2 Å². The van der Waals surface area contributed by atoms with E-state index in [0.717, 1.165) is 0 Å². The number of hydrogen-bond donors (Lipinski definition) is 1. The fourth-order valence-electron chi connectivity index (χ4n) is 2.18. The van der Waals surface area contributed by atoms with E-state index >= 15 is 0 Å². The van der Waals surface area contributed by atoms with Crippen LogP contribution in [0, 0.1) is 25.5 Å². The zero-order valence-electron chi connectivity index (χ0n) is 11.6. The summed E-state index contributed by atoms with van der Waals surface area (Å²) in [5.74, 6) is -0.714. The molecule has 0 saturated heterocycles. The van der Waals surface area contributed by atoms with Crippen molar-refractivity contribution in [3.63, 3.8) is 0 Å². The van der Waals surface area contributed by atoms with E-state index < -0.39 is 11.9 Å². The van der Waals surface area contributed by atoms with Crippen molar-refractivity contribution in [1.82, 2.24) is 0 Å². The van der Waals surface area contributed by atoms with Crippen LogP contribution in [0.15, 0.2) is 30.3 Å². The Morgan fingerprint density at radius 1 is 1.00 bits per heavy atom. The summed E-state index contributed by atoms with van der Waals surface area (Å²) < 4.78 is 32.1. The van der Waals surface area contributed by atoms with Gasteiger partial charge in [-0.05, 0) is 48.2 Å². The molecule has 0 radical (unpaired) electrons. The highest BCUT2D eigenvalue weighted by atomic mass is 19.1. The lowest BCUT2D eigenvalue weighted by Crippen LogP contribution is -2.03. The molecule has 106 valence electrons. The lowest BCUT2D eigenvalue weighted by Gasteiger charge is -2.15. The van der Waals surface area contributed by atoms with Crippen LogP contribution >= 0.6 is 0 Å². The molecule has 0 spiro atoms. The van der Waals surface area contributed by atoms with E-state index in [-0.39, 0.29) is 11.6 Å². The van der Waals surface area contributed by atoms with Gasteiger partial charge in [0.15, 0.2) is 11.6 Å². The first-order chi connectivity index (χ1) is 9.43. The van der Waals surface area contributed by atoms with Crippen molar-refractivity contribution in [2.75, 3.05) is 7.11 Å². The molecule has 20 heavy (non-hydrogen) atoms. The highest BCUT2D eigenvalue weighted by molar-refractivity contribution is 5.38. The standard InChI is InChI=1S/C16H16F2O2/c1-9-6-12(7-10(2)15(9)18)16(19)11-4-5-14(20-3)13(17)8-11/h4-8,16,19H,1-3H3. The molecule has 0 heterocycles. The molecule has 0 aliphatic rings. The van der Waals surface area contributed by atoms with Crippen molar-refractivity contribution in [2.45, 2.75) is 20.0 Å². The van der Waals surface area contributed by atoms with Crippen LogP contribution in [0.5, 0.6) is 5.75 Å². The molecule has 0 bridgehead atoms. The normalized spacial score (nSPS) is 12.3. The van der Waals surface area contributed by atoms with Gasteiger partial charge in [0.05, 0.1) is 7.11 Å². The smallest absolute Gasteiger partial charge is 0.165 e. The molecule has 1 atom stereocenters. The van der Waals surface area contributed by atoms with Gasteiger partial charge in [-0.1, -0.05) is 18.2 Å². The van der Waals surface area contributed by atoms with Gasteiger partial charge in [0.25, 0.3) is 0 Å². The molecule has 2 nitrogen and oxygen atoms in total. The van der Waals surface area contributed by atoms with Crippen LogP contribution in [0.4, 0.5) is 8.78 Å². The van der Waals surface area contributed by atoms with E-state index in [9.17, 15) is 13.9 Å². The Labute approximate surface area is 116 Å². The number of benzene rings is 2. The second-order valence-corrected chi connectivity index (χ2v) is 4.77. The number of methoxy groups -OCH3 is 1. The molecular weight excluding hydrogens is 262 g/mol. The number of hydrogen-bond acceptors (Lipinski definition) is 2. The molecule has 2 rings (SSSR count). The van der Waals surface area contributed by atoms with Gasteiger partial charge < -0.3 is 9.84 Å². The maximum absolute atomic E-state index is 13.7. The Bertz CT molecular complexity index is 615. The molecule has 1 unspecified atom stereocenters. The molecule has 0 saturated carbocycles. The average Bonchev–Trinajstić information content (AvgIpc) is 2.43. The van der Waals surface area contributed by atoms with Gasteiger partial charge in [-0.15, -0.1) is 0 Å². The van der Waals surface area contributed by atoms with Crippen LogP contribution in [0.3, 0.4) is 0 Å². The van der Waals surface area contributed by atoms with E-state index in [1.807, 2.05) is 0 Å². The number of halogens is 2. The van der Waals surface area contributed by atoms with Gasteiger partial charge in [0, 0.05) is 0 Å². The fraction of sp³-hybridized carbons (Fsp3) is 0.250. The first-order valence-corrected chi connectivity index (χ1v) is 6.22. The monoisotopic (exact) mass is 278 g/mol. The summed E-state index contributed by atoms with van der Waals surface area (Å²) in [6, 6.07) is 7.39. The van der Waals surface area contributed by atoms with Crippen molar-refractivity contribution in [3.8, 4) is 5.75 Å². The third kappa shape index (κ3) is 2.65. The van der Waals surface area contributed by atoms with Crippen LogP contribution < -0.4 is 4.74 Å². The Morgan fingerprint density at radius 3 is 2.10 bits per heavy atom. The Kier molecular flexibility index (Phi) is 4.04. The molecule has 0 fully saturated rings. The topological polar surface area (TPSA) is 29.5 Å². The summed E-state index contributed by atoms with van der Waals surface area (Å²) in [6.07, 6.45) is -1.01. The number of aliphatic hydroxyl groups excluding tert-OH is 1. The molecule has 2 aromatic carbocycles. The van der Waals surface area contributed by atoms with Crippen LogP contribution in [0.1, 0.15) is 28.4 Å². The lowest BCUT2D eigenvalue weighted by molar-refractivity contribution is 0.219. The summed E-state index contributed by atoms with van der Waals surface area (Å²) in [6.45, 7) is 3.26. The molecule has 0 aromatic heterocycles. The SMILES string of the molecule is COc1ccc(C(O)c2cc(C)c(F)c(C)c2)cc1F. The first-order valence-electron chi connectivity index (χ1n) is 6.22. The minimum Gasteiger partial charge on any atom is -0.494 e. The first kappa shape index (κ1) is 14.5. The quantitative estimate of drug-likeness (QED) is 0.928. The summed E-state index contributed by atoms with van der Waals surface area (Å²) in [4.78, 5) is 0. The highest BCUT2D eigenvalue weighted by Crippen LogP contribution is 2.28. The summed E-state index contributed by atoms with van der Waals surface area (Å²) in [5, 5.41) is 10.3. The Balaban J connectivity index is 2.41. The third-order valence-electron chi connectivity index (χ3n) is 3.27. The fourth-order valence-corrected chi connectivity index (χ4v) is 2.18. The van der Waals surface area contributed by atoms with Crippen LogP contribution in [-0.2, 0) is 0 Å². The van der Waals surface area contributed by atoms with Crippen LogP contribution in [-0.4, -0.2) is 12.2 Å². The van der Waals surface area contributed by atoms with Gasteiger partial charge in [-0.3, -0.25) is 0 Å². The predicted octanol–water partition coefficient (Wildman–Crippen LogP) is 3.67. The molecule has 0 amide bonds. The summed E-state index contributed by atoms with van der Waals surface area (Å²) >= 11 is 0. The van der Waals surface area contributed by atoms with E-state index in [1.54, 1.807) is 32.0 Å². The number of aliphatic hydroxyl groups is 1. The zero-order valence-corrected chi connectivity index (χ0v) is 11.6. The average molecular weight is 278 g/mol. The minimum absolute atomic E-state index is 0.118. The second kappa shape index (κ2) is 5.59. The van der Waals surface area contributed by atoms with Crippen LogP contribution in [0.25, 0.3) is 0 Å². The summed E-state index contributed by atoms with van der Waals surface area (Å²) in [7, 11) is 1.38. The predicted molar refractivity (Wildman–Crippen MR) is 72.9 cm³/mol. The Morgan fingerprint density at radius 2 is 1.60 bits per heavy atom. The van der Waals surface area contributed by atoms with E-state index in [4.69, 9.17) is 4.74 Å². The molecule has 2 aromatic rings. The third-order valence-corrected chi connectivity index (χ3v) is 3.27. The van der Waals surface area contributed by atoms with E-state index in [0.29, 0.717) is 22.3 Å². The molecule has 0 aliphatic heterocycles. The largest absolute Gasteiger partial charge is 0.494 e. The van der Waals surface area contributed by atoms with Gasteiger partial charge in [0.1, 0.15) is 11.9 Å². The Hall–Kier alpha value is -1.94. The number of aryl methyl sites for hydroxylation is 2. The lowest BCUT2D eigenvalue weighted by atomic mass is 9.97. The van der Waals surface area contributed by atoms with E-state index in [2.05, 4.69) is 0 Å². The van der Waals surface area contributed by atoms with Crippen molar-refractivity contribution < 1.29 is 18.6 Å². The van der Waals surface area contributed by atoms with Gasteiger partial charge in [-0.2, -0.15) is 0 Å². The second-order valence-electron chi connectivity index (χ2n) is 4.77. The van der Waals surface area contributed by atoms with Crippen molar-refractivity contribution in [3.05, 3.63) is 64.2 Å². The van der Waals surface area contributed by atoms with Crippen molar-refractivity contribution in [2.24, 2.45) is 0 Å². The van der Waals surface area contributed by atoms with Gasteiger partial charge in [0.2, 0.25) is 0 Å². The number of rotatable bonds is 3. The molecule has 1 N–H and O–H groups in total. The zero-order chi connectivity index (χ0) is 14.9.